The van der Waals surface area contributed by atoms with Gasteiger partial charge in [-0.05, 0) is 78.1 Å². The highest BCUT2D eigenvalue weighted by Gasteiger charge is 2.14. The standard InChI is InChI=1S/C13H8Br3FN2O/c14-9-3-6(17)1-2-8(9)13(20)19-12-10(15)4-7(18)5-11(12)16/h1-5H,18H2,(H,19,20). The first-order chi connectivity index (χ1) is 9.38. The molecular weight excluding hydrogens is 459 g/mol. The van der Waals surface area contributed by atoms with Crippen molar-refractivity contribution in [3.05, 3.63) is 55.1 Å². The van der Waals surface area contributed by atoms with Crippen LogP contribution in [0.3, 0.4) is 0 Å². The molecular formula is C13H8Br3FN2O. The van der Waals surface area contributed by atoms with Crippen molar-refractivity contribution in [2.24, 2.45) is 0 Å². The minimum atomic E-state index is -0.414. The smallest absolute Gasteiger partial charge is 0.256 e. The second-order valence-electron chi connectivity index (χ2n) is 3.94. The summed E-state index contributed by atoms with van der Waals surface area (Å²) in [7, 11) is 0. The Bertz CT molecular complexity index is 668. The van der Waals surface area contributed by atoms with Crippen LogP contribution in [-0.2, 0) is 0 Å². The van der Waals surface area contributed by atoms with Gasteiger partial charge in [0.25, 0.3) is 5.91 Å². The summed E-state index contributed by atoms with van der Waals surface area (Å²) in [6.45, 7) is 0. The molecule has 2 rings (SSSR count). The number of anilines is 2. The lowest BCUT2D eigenvalue weighted by Crippen LogP contribution is -2.13. The Morgan fingerprint density at radius 3 is 2.20 bits per heavy atom. The van der Waals surface area contributed by atoms with Crippen LogP contribution >= 0.6 is 47.8 Å². The van der Waals surface area contributed by atoms with Gasteiger partial charge in [-0.3, -0.25) is 4.79 Å². The van der Waals surface area contributed by atoms with E-state index < -0.39 is 5.82 Å². The van der Waals surface area contributed by atoms with E-state index in [-0.39, 0.29) is 5.91 Å². The quantitative estimate of drug-likeness (QED) is 0.615. The van der Waals surface area contributed by atoms with Crippen molar-refractivity contribution in [3.8, 4) is 0 Å². The maximum Gasteiger partial charge on any atom is 0.256 e. The molecule has 0 aliphatic carbocycles. The number of carbonyl (C=O) groups is 1. The van der Waals surface area contributed by atoms with Gasteiger partial charge in [-0.1, -0.05) is 0 Å². The van der Waals surface area contributed by atoms with E-state index in [0.717, 1.165) is 0 Å². The van der Waals surface area contributed by atoms with Crippen LogP contribution in [-0.4, -0.2) is 5.91 Å². The first kappa shape index (κ1) is 15.5. The molecule has 0 aromatic heterocycles. The van der Waals surface area contributed by atoms with Crippen molar-refractivity contribution < 1.29 is 9.18 Å². The van der Waals surface area contributed by atoms with Gasteiger partial charge in [0.2, 0.25) is 0 Å². The van der Waals surface area contributed by atoms with Gasteiger partial charge in [0, 0.05) is 19.1 Å². The highest BCUT2D eigenvalue weighted by Crippen LogP contribution is 2.34. The van der Waals surface area contributed by atoms with Gasteiger partial charge in [-0.15, -0.1) is 0 Å². The monoisotopic (exact) mass is 464 g/mol. The Morgan fingerprint density at radius 1 is 1.05 bits per heavy atom. The largest absolute Gasteiger partial charge is 0.399 e. The molecule has 0 aliphatic heterocycles. The number of carbonyl (C=O) groups excluding carboxylic acids is 1. The second-order valence-corrected chi connectivity index (χ2v) is 6.50. The van der Waals surface area contributed by atoms with Crippen molar-refractivity contribution >= 4 is 65.1 Å². The number of nitrogens with two attached hydrogens (primary N) is 1. The van der Waals surface area contributed by atoms with Gasteiger partial charge >= 0.3 is 0 Å². The molecule has 3 N–H and O–H groups in total. The van der Waals surface area contributed by atoms with E-state index in [2.05, 4.69) is 53.1 Å². The lowest BCUT2D eigenvalue weighted by atomic mass is 10.2. The van der Waals surface area contributed by atoms with E-state index in [1.165, 1.54) is 18.2 Å². The van der Waals surface area contributed by atoms with E-state index in [0.29, 0.717) is 30.4 Å². The van der Waals surface area contributed by atoms with E-state index in [1.807, 2.05) is 0 Å². The van der Waals surface area contributed by atoms with Crippen LogP contribution in [0.25, 0.3) is 0 Å². The van der Waals surface area contributed by atoms with Crippen molar-refractivity contribution in [2.75, 3.05) is 11.1 Å². The highest BCUT2D eigenvalue weighted by molar-refractivity contribution is 9.11. The molecule has 0 saturated heterocycles. The van der Waals surface area contributed by atoms with Crippen molar-refractivity contribution in [1.82, 2.24) is 0 Å². The molecule has 0 bridgehead atoms. The summed E-state index contributed by atoms with van der Waals surface area (Å²) in [6, 6.07) is 7.24. The molecule has 3 nitrogen and oxygen atoms in total. The van der Waals surface area contributed by atoms with E-state index in [1.54, 1.807) is 12.1 Å². The third kappa shape index (κ3) is 3.39. The van der Waals surface area contributed by atoms with Gasteiger partial charge in [0.1, 0.15) is 5.82 Å². The van der Waals surface area contributed by atoms with Crippen LogP contribution in [0.4, 0.5) is 15.8 Å². The summed E-state index contributed by atoms with van der Waals surface area (Å²) in [5.41, 5.74) is 7.14. The molecule has 0 saturated carbocycles. The third-order valence-corrected chi connectivity index (χ3v) is 4.39. The molecule has 2 aromatic rings. The summed E-state index contributed by atoms with van der Waals surface area (Å²) in [4.78, 5) is 12.2. The maximum absolute atomic E-state index is 13.0. The summed E-state index contributed by atoms with van der Waals surface area (Å²) >= 11 is 9.83. The normalized spacial score (nSPS) is 10.4. The SMILES string of the molecule is Nc1cc(Br)c(NC(=O)c2ccc(F)cc2Br)c(Br)c1. The van der Waals surface area contributed by atoms with Crippen molar-refractivity contribution in [2.45, 2.75) is 0 Å². The second kappa shape index (κ2) is 6.24. The Hall–Kier alpha value is -0.920. The summed E-state index contributed by atoms with van der Waals surface area (Å²) in [5.74, 6) is -0.772. The van der Waals surface area contributed by atoms with E-state index in [4.69, 9.17) is 5.73 Å². The fourth-order valence-electron chi connectivity index (χ4n) is 1.57. The van der Waals surface area contributed by atoms with Crippen LogP contribution in [0.1, 0.15) is 10.4 Å². The van der Waals surface area contributed by atoms with Gasteiger partial charge in [0.15, 0.2) is 0 Å². The number of halogens is 4. The molecule has 0 aliphatic rings. The zero-order valence-corrected chi connectivity index (χ0v) is 14.6. The number of nitrogens with one attached hydrogen (secondary N) is 1. The first-order valence-electron chi connectivity index (χ1n) is 5.39. The average Bonchev–Trinajstić information content (AvgIpc) is 2.33. The number of hydrogen-bond donors (Lipinski definition) is 2. The summed E-state index contributed by atoms with van der Waals surface area (Å²) in [5, 5.41) is 2.74. The fourth-order valence-corrected chi connectivity index (χ4v) is 3.52. The Morgan fingerprint density at radius 2 is 1.65 bits per heavy atom. The summed E-state index contributed by atoms with van der Waals surface area (Å²) < 4.78 is 14.7. The number of amides is 1. The van der Waals surface area contributed by atoms with E-state index in [9.17, 15) is 9.18 Å². The Balaban J connectivity index is 2.33. The lowest BCUT2D eigenvalue weighted by Gasteiger charge is -2.11. The number of hydrogen-bond acceptors (Lipinski definition) is 2. The molecule has 0 radical (unpaired) electrons. The Kier molecular flexibility index (Phi) is 4.82. The predicted octanol–water partition coefficient (Wildman–Crippen LogP) is 4.95. The Labute approximate surface area is 140 Å². The molecule has 20 heavy (non-hydrogen) atoms. The molecule has 0 unspecified atom stereocenters. The molecule has 0 spiro atoms. The minimum absolute atomic E-state index is 0.335. The predicted molar refractivity (Wildman–Crippen MR) is 88.3 cm³/mol. The topological polar surface area (TPSA) is 55.1 Å². The van der Waals surface area contributed by atoms with Gasteiger partial charge in [-0.2, -0.15) is 0 Å². The average molecular weight is 467 g/mol. The zero-order chi connectivity index (χ0) is 14.9. The molecule has 104 valence electrons. The molecule has 0 heterocycles. The first-order valence-corrected chi connectivity index (χ1v) is 7.77. The van der Waals surface area contributed by atoms with Crippen LogP contribution in [0.15, 0.2) is 43.7 Å². The number of nitrogen functional groups attached to an aromatic ring is 1. The molecule has 0 atom stereocenters. The van der Waals surface area contributed by atoms with Crippen molar-refractivity contribution in [1.29, 1.82) is 0 Å². The lowest BCUT2D eigenvalue weighted by molar-refractivity contribution is 0.102. The maximum atomic E-state index is 13.0. The summed E-state index contributed by atoms with van der Waals surface area (Å²) in [6.07, 6.45) is 0. The molecule has 0 fully saturated rings. The van der Waals surface area contributed by atoms with Crippen LogP contribution in [0, 0.1) is 5.82 Å². The zero-order valence-electron chi connectivity index (χ0n) is 9.88. The molecule has 1 amide bonds. The third-order valence-electron chi connectivity index (χ3n) is 2.48. The number of benzene rings is 2. The highest BCUT2D eigenvalue weighted by atomic mass is 79.9. The van der Waals surface area contributed by atoms with E-state index >= 15 is 0 Å². The van der Waals surface area contributed by atoms with Gasteiger partial charge in [0.05, 0.1) is 11.3 Å². The number of rotatable bonds is 2. The molecule has 7 heteroatoms. The molecule has 2 aromatic carbocycles. The van der Waals surface area contributed by atoms with Crippen molar-refractivity contribution in [3.63, 3.8) is 0 Å². The van der Waals surface area contributed by atoms with Gasteiger partial charge in [-0.25, -0.2) is 4.39 Å². The van der Waals surface area contributed by atoms with Crippen LogP contribution in [0.5, 0.6) is 0 Å². The van der Waals surface area contributed by atoms with Crippen LogP contribution < -0.4 is 11.1 Å². The minimum Gasteiger partial charge on any atom is -0.399 e. The van der Waals surface area contributed by atoms with Gasteiger partial charge < -0.3 is 11.1 Å². The fraction of sp³-hybridized carbons (Fsp3) is 0. The van der Waals surface area contributed by atoms with Crippen LogP contribution in [0.2, 0.25) is 0 Å².